The van der Waals surface area contributed by atoms with E-state index in [-0.39, 0.29) is 17.3 Å². The molecule has 0 N–H and O–H groups in total. The van der Waals surface area contributed by atoms with Crippen LogP contribution in [-0.4, -0.2) is 47.9 Å². The molecule has 0 aromatic carbocycles. The molecule has 0 fully saturated rings. The van der Waals surface area contributed by atoms with Crippen molar-refractivity contribution in [3.8, 4) is 5.88 Å². The highest BCUT2D eigenvalue weighted by Gasteiger charge is 2.45. The van der Waals surface area contributed by atoms with Gasteiger partial charge in [-0.05, 0) is 6.92 Å². The van der Waals surface area contributed by atoms with E-state index < -0.39 is 22.2 Å². The number of hydrogen-bond donors (Lipinski definition) is 0. The molecule has 0 amide bonds. The average Bonchev–Trinajstić information content (AvgIpc) is 2.82. The van der Waals surface area contributed by atoms with Crippen LogP contribution in [0.15, 0.2) is 11.1 Å². The SMILES string of the molecule is CCN(C(C)C(F)(F)F)S(=O)(=O)c1cnn2c1OCCC2. The van der Waals surface area contributed by atoms with Gasteiger partial charge in [-0.15, -0.1) is 0 Å². The van der Waals surface area contributed by atoms with Gasteiger partial charge in [0.2, 0.25) is 5.88 Å². The van der Waals surface area contributed by atoms with Crippen molar-refractivity contribution in [2.75, 3.05) is 13.2 Å². The van der Waals surface area contributed by atoms with E-state index >= 15 is 0 Å². The van der Waals surface area contributed by atoms with E-state index in [0.29, 0.717) is 23.9 Å². The highest BCUT2D eigenvalue weighted by atomic mass is 32.2. The number of hydrogen-bond acceptors (Lipinski definition) is 4. The summed E-state index contributed by atoms with van der Waals surface area (Å²) in [6, 6.07) is -2.12. The molecule has 1 aromatic heterocycles. The minimum Gasteiger partial charge on any atom is -0.477 e. The fourth-order valence-electron chi connectivity index (χ4n) is 2.16. The smallest absolute Gasteiger partial charge is 0.404 e. The predicted octanol–water partition coefficient (Wildman–Crippen LogP) is 1.63. The zero-order chi connectivity index (χ0) is 15.8. The van der Waals surface area contributed by atoms with Gasteiger partial charge in [-0.2, -0.15) is 22.6 Å². The normalized spacial score (nSPS) is 17.4. The first-order chi connectivity index (χ1) is 9.69. The fourth-order valence-corrected chi connectivity index (χ4v) is 3.86. The Kier molecular flexibility index (Phi) is 4.20. The van der Waals surface area contributed by atoms with Gasteiger partial charge in [-0.3, -0.25) is 0 Å². The van der Waals surface area contributed by atoms with E-state index in [0.717, 1.165) is 13.1 Å². The minimum absolute atomic E-state index is 0.00840. The van der Waals surface area contributed by atoms with Crippen molar-refractivity contribution in [1.82, 2.24) is 14.1 Å². The first-order valence-corrected chi connectivity index (χ1v) is 7.90. The van der Waals surface area contributed by atoms with Gasteiger partial charge in [0.05, 0.1) is 12.8 Å². The second kappa shape index (κ2) is 5.48. The first kappa shape index (κ1) is 16.1. The maximum Gasteiger partial charge on any atom is 0.404 e. The molecule has 0 aliphatic carbocycles. The van der Waals surface area contributed by atoms with Gasteiger partial charge < -0.3 is 4.74 Å². The third-order valence-corrected chi connectivity index (χ3v) is 5.34. The van der Waals surface area contributed by atoms with Crippen molar-refractivity contribution in [2.24, 2.45) is 0 Å². The Labute approximate surface area is 120 Å². The van der Waals surface area contributed by atoms with Crippen molar-refractivity contribution in [2.45, 2.75) is 43.9 Å². The molecule has 10 heteroatoms. The van der Waals surface area contributed by atoms with Crippen molar-refractivity contribution < 1.29 is 26.3 Å². The molecule has 120 valence electrons. The topological polar surface area (TPSA) is 64.4 Å². The van der Waals surface area contributed by atoms with Crippen LogP contribution in [0.1, 0.15) is 20.3 Å². The van der Waals surface area contributed by atoms with Crippen LogP contribution in [0.2, 0.25) is 0 Å². The number of aromatic nitrogens is 2. The van der Waals surface area contributed by atoms with Crippen LogP contribution in [0.3, 0.4) is 0 Å². The molecule has 1 aliphatic rings. The summed E-state index contributed by atoms with van der Waals surface area (Å²) in [5.74, 6) is 0.00840. The van der Waals surface area contributed by atoms with Gasteiger partial charge in [0.1, 0.15) is 6.04 Å². The Bertz CT molecular complexity index is 612. The average molecular weight is 327 g/mol. The largest absolute Gasteiger partial charge is 0.477 e. The Morgan fingerprint density at radius 1 is 1.52 bits per heavy atom. The Balaban J connectivity index is 2.43. The number of alkyl halides is 3. The summed E-state index contributed by atoms with van der Waals surface area (Å²) in [4.78, 5) is -0.319. The molecule has 0 spiro atoms. The van der Waals surface area contributed by atoms with Crippen molar-refractivity contribution >= 4 is 10.0 Å². The van der Waals surface area contributed by atoms with Gasteiger partial charge >= 0.3 is 6.18 Å². The number of ether oxygens (including phenoxy) is 1. The van der Waals surface area contributed by atoms with Crippen LogP contribution in [-0.2, 0) is 16.6 Å². The minimum atomic E-state index is -4.64. The van der Waals surface area contributed by atoms with Gasteiger partial charge in [0.25, 0.3) is 10.0 Å². The van der Waals surface area contributed by atoms with E-state index in [1.165, 1.54) is 11.6 Å². The number of halogens is 3. The molecule has 21 heavy (non-hydrogen) atoms. The Hall–Kier alpha value is -1.29. The molecular formula is C11H16F3N3O3S. The number of rotatable bonds is 4. The molecule has 1 unspecified atom stereocenters. The molecule has 6 nitrogen and oxygen atoms in total. The van der Waals surface area contributed by atoms with Crippen LogP contribution in [0, 0.1) is 0 Å². The molecule has 0 bridgehead atoms. The molecule has 1 aromatic rings. The summed E-state index contributed by atoms with van der Waals surface area (Å²) in [5.41, 5.74) is 0. The lowest BCUT2D eigenvalue weighted by molar-refractivity contribution is -0.166. The summed E-state index contributed by atoms with van der Waals surface area (Å²) in [6.45, 7) is 2.67. The fraction of sp³-hybridized carbons (Fsp3) is 0.727. The molecule has 2 heterocycles. The van der Waals surface area contributed by atoms with Crippen LogP contribution < -0.4 is 4.74 Å². The highest BCUT2D eigenvalue weighted by Crippen LogP contribution is 2.33. The van der Waals surface area contributed by atoms with E-state index in [9.17, 15) is 21.6 Å². The quantitative estimate of drug-likeness (QED) is 0.843. The second-order valence-corrected chi connectivity index (χ2v) is 6.52. The molecule has 0 saturated heterocycles. The maximum atomic E-state index is 12.8. The highest BCUT2D eigenvalue weighted by molar-refractivity contribution is 7.89. The van der Waals surface area contributed by atoms with Crippen LogP contribution in [0.4, 0.5) is 13.2 Å². The maximum absolute atomic E-state index is 12.8. The molecule has 1 atom stereocenters. The van der Waals surface area contributed by atoms with Crippen molar-refractivity contribution in [3.05, 3.63) is 6.20 Å². The first-order valence-electron chi connectivity index (χ1n) is 6.46. The molecule has 0 saturated carbocycles. The lowest BCUT2D eigenvalue weighted by Crippen LogP contribution is -2.46. The predicted molar refractivity (Wildman–Crippen MR) is 67.4 cm³/mol. The van der Waals surface area contributed by atoms with E-state index in [1.54, 1.807) is 0 Å². The summed E-state index contributed by atoms with van der Waals surface area (Å²) in [6.07, 6.45) is -2.93. The third-order valence-electron chi connectivity index (χ3n) is 3.32. The summed E-state index contributed by atoms with van der Waals surface area (Å²) >= 11 is 0. The van der Waals surface area contributed by atoms with E-state index in [1.807, 2.05) is 0 Å². The molecule has 0 radical (unpaired) electrons. The van der Waals surface area contributed by atoms with Gasteiger partial charge in [-0.1, -0.05) is 6.92 Å². The van der Waals surface area contributed by atoms with E-state index in [2.05, 4.69) is 5.10 Å². The zero-order valence-corrected chi connectivity index (χ0v) is 12.4. The monoisotopic (exact) mass is 327 g/mol. The standard InChI is InChI=1S/C11H16F3N3O3S/c1-3-17(8(2)11(12,13)14)21(18,19)9-7-15-16-5-4-6-20-10(9)16/h7-8H,3-6H2,1-2H3. The van der Waals surface area contributed by atoms with Gasteiger partial charge in [0, 0.05) is 19.5 Å². The summed E-state index contributed by atoms with van der Waals surface area (Å²) in [5, 5.41) is 3.87. The summed E-state index contributed by atoms with van der Waals surface area (Å²) in [7, 11) is -4.33. The van der Waals surface area contributed by atoms with Crippen LogP contribution >= 0.6 is 0 Å². The lowest BCUT2D eigenvalue weighted by atomic mass is 10.3. The van der Waals surface area contributed by atoms with Crippen molar-refractivity contribution in [1.29, 1.82) is 0 Å². The number of nitrogens with zero attached hydrogens (tertiary/aromatic N) is 3. The lowest BCUT2D eigenvalue weighted by Gasteiger charge is -2.28. The number of aryl methyl sites for hydroxylation is 1. The van der Waals surface area contributed by atoms with Gasteiger partial charge in [0.15, 0.2) is 4.90 Å². The number of sulfonamides is 1. The zero-order valence-electron chi connectivity index (χ0n) is 11.6. The third kappa shape index (κ3) is 2.86. The molecule has 1 aliphatic heterocycles. The second-order valence-electron chi connectivity index (χ2n) is 4.67. The Morgan fingerprint density at radius 2 is 2.19 bits per heavy atom. The van der Waals surface area contributed by atoms with E-state index in [4.69, 9.17) is 4.74 Å². The van der Waals surface area contributed by atoms with Crippen LogP contribution in [0.5, 0.6) is 5.88 Å². The summed E-state index contributed by atoms with van der Waals surface area (Å²) < 4.78 is 70.5. The van der Waals surface area contributed by atoms with Gasteiger partial charge in [-0.25, -0.2) is 13.1 Å². The Morgan fingerprint density at radius 3 is 2.76 bits per heavy atom. The van der Waals surface area contributed by atoms with Crippen molar-refractivity contribution in [3.63, 3.8) is 0 Å². The molecule has 2 rings (SSSR count). The molecular weight excluding hydrogens is 311 g/mol. The number of fused-ring (bicyclic) bond motifs is 1. The van der Waals surface area contributed by atoms with Crippen LogP contribution in [0.25, 0.3) is 0 Å².